The third kappa shape index (κ3) is 3.53. The molecule has 0 bridgehead atoms. The van der Waals surface area contributed by atoms with Gasteiger partial charge < -0.3 is 4.74 Å². The molecule has 0 atom stereocenters. The monoisotopic (exact) mass is 258 g/mol. The predicted octanol–water partition coefficient (Wildman–Crippen LogP) is 2.92. The molecule has 3 heteroatoms. The molecule has 0 aromatic heterocycles. The molecule has 1 aliphatic carbocycles. The number of carbonyl (C=O) groups is 2. The van der Waals surface area contributed by atoms with Crippen LogP contribution in [-0.4, -0.2) is 18.4 Å². The molecule has 1 aromatic carbocycles. The van der Waals surface area contributed by atoms with E-state index in [9.17, 15) is 9.59 Å². The molecule has 0 unspecified atom stereocenters. The Kier molecular flexibility index (Phi) is 4.15. The molecule has 19 heavy (non-hydrogen) atoms. The minimum atomic E-state index is -0.514. The van der Waals surface area contributed by atoms with E-state index in [2.05, 4.69) is 0 Å². The van der Waals surface area contributed by atoms with Crippen LogP contribution in [0.4, 0.5) is 0 Å². The van der Waals surface area contributed by atoms with Crippen LogP contribution in [0.2, 0.25) is 0 Å². The van der Waals surface area contributed by atoms with Crippen LogP contribution in [0.1, 0.15) is 30.9 Å². The van der Waals surface area contributed by atoms with Gasteiger partial charge in [0.15, 0.2) is 5.78 Å². The number of ketones is 1. The average molecular weight is 258 g/mol. The summed E-state index contributed by atoms with van der Waals surface area (Å²) in [4.78, 5) is 24.0. The highest BCUT2D eigenvalue weighted by Crippen LogP contribution is 2.33. The molecule has 1 aliphatic rings. The van der Waals surface area contributed by atoms with E-state index in [0.29, 0.717) is 0 Å². The van der Waals surface area contributed by atoms with Gasteiger partial charge in [0.25, 0.3) is 0 Å². The van der Waals surface area contributed by atoms with E-state index in [1.807, 2.05) is 31.2 Å². The van der Waals surface area contributed by atoms with Gasteiger partial charge in [-0.2, -0.15) is 0 Å². The lowest BCUT2D eigenvalue weighted by Crippen LogP contribution is -2.17. The maximum atomic E-state index is 12.1. The second kappa shape index (κ2) is 5.83. The number of esters is 1. The first-order valence-corrected chi connectivity index (χ1v) is 6.61. The zero-order chi connectivity index (χ0) is 13.8. The van der Waals surface area contributed by atoms with Crippen LogP contribution in [-0.2, 0) is 14.3 Å². The van der Waals surface area contributed by atoms with Crippen molar-refractivity contribution in [3.63, 3.8) is 0 Å². The van der Waals surface area contributed by atoms with Gasteiger partial charge in [0.1, 0.15) is 5.57 Å². The van der Waals surface area contributed by atoms with E-state index in [-0.39, 0.29) is 23.9 Å². The van der Waals surface area contributed by atoms with Gasteiger partial charge in [0.05, 0.1) is 6.61 Å². The zero-order valence-corrected chi connectivity index (χ0v) is 11.3. The average Bonchev–Trinajstić information content (AvgIpc) is 3.22. The lowest BCUT2D eigenvalue weighted by Gasteiger charge is -2.06. The fourth-order valence-corrected chi connectivity index (χ4v) is 1.83. The van der Waals surface area contributed by atoms with Gasteiger partial charge >= 0.3 is 5.97 Å². The minimum Gasteiger partial charge on any atom is -0.462 e. The summed E-state index contributed by atoms with van der Waals surface area (Å²) < 4.78 is 4.97. The number of ether oxygens (including phenoxy) is 1. The van der Waals surface area contributed by atoms with Crippen LogP contribution in [0.15, 0.2) is 29.8 Å². The Morgan fingerprint density at radius 3 is 2.42 bits per heavy atom. The molecule has 0 heterocycles. The summed E-state index contributed by atoms with van der Waals surface area (Å²) in [6.45, 7) is 4.01. The van der Waals surface area contributed by atoms with Crippen molar-refractivity contribution in [2.24, 2.45) is 5.92 Å². The van der Waals surface area contributed by atoms with E-state index < -0.39 is 5.97 Å². The molecule has 3 nitrogen and oxygen atoms in total. The highest BCUT2D eigenvalue weighted by molar-refractivity contribution is 6.21. The molecular weight excluding hydrogens is 240 g/mol. The first-order valence-electron chi connectivity index (χ1n) is 6.61. The molecule has 0 radical (unpaired) electrons. The van der Waals surface area contributed by atoms with Crippen LogP contribution >= 0.6 is 0 Å². The Hall–Kier alpha value is -1.90. The van der Waals surface area contributed by atoms with E-state index in [4.69, 9.17) is 4.74 Å². The second-order valence-electron chi connectivity index (χ2n) is 4.83. The number of Topliss-reactive ketones (excluding diaryl/α,β-unsaturated/α-hetero) is 1. The smallest absolute Gasteiger partial charge is 0.341 e. The highest BCUT2D eigenvalue weighted by Gasteiger charge is 2.34. The maximum Gasteiger partial charge on any atom is 0.341 e. The van der Waals surface area contributed by atoms with Crippen LogP contribution in [0.25, 0.3) is 6.08 Å². The zero-order valence-electron chi connectivity index (χ0n) is 11.3. The van der Waals surface area contributed by atoms with Gasteiger partial charge in [-0.15, -0.1) is 0 Å². The molecule has 1 fully saturated rings. The van der Waals surface area contributed by atoms with E-state index >= 15 is 0 Å². The largest absolute Gasteiger partial charge is 0.462 e. The van der Waals surface area contributed by atoms with Crippen molar-refractivity contribution in [3.05, 3.63) is 41.0 Å². The number of aryl methyl sites for hydroxylation is 1. The molecule has 0 N–H and O–H groups in total. The van der Waals surface area contributed by atoms with Gasteiger partial charge in [-0.25, -0.2) is 4.79 Å². The molecule has 0 amide bonds. The third-order valence-corrected chi connectivity index (χ3v) is 3.10. The van der Waals surface area contributed by atoms with Gasteiger partial charge in [-0.3, -0.25) is 4.79 Å². The molecule has 1 saturated carbocycles. The Morgan fingerprint density at radius 2 is 1.89 bits per heavy atom. The van der Waals surface area contributed by atoms with Gasteiger partial charge in [0.2, 0.25) is 0 Å². The summed E-state index contributed by atoms with van der Waals surface area (Å²) in [6.07, 6.45) is 3.39. The Morgan fingerprint density at radius 1 is 1.26 bits per heavy atom. The summed E-state index contributed by atoms with van der Waals surface area (Å²) in [6, 6.07) is 7.70. The molecular formula is C16H18O3. The van der Waals surface area contributed by atoms with E-state index in [1.165, 1.54) is 0 Å². The van der Waals surface area contributed by atoms with Crippen LogP contribution in [0.3, 0.4) is 0 Å². The quantitative estimate of drug-likeness (QED) is 0.353. The molecule has 100 valence electrons. The number of rotatable bonds is 5. The number of hydrogen-bond donors (Lipinski definition) is 0. The predicted molar refractivity (Wildman–Crippen MR) is 73.5 cm³/mol. The van der Waals surface area contributed by atoms with Crippen molar-refractivity contribution < 1.29 is 14.3 Å². The highest BCUT2D eigenvalue weighted by atomic mass is 16.5. The van der Waals surface area contributed by atoms with Gasteiger partial charge in [-0.1, -0.05) is 29.8 Å². The summed E-state index contributed by atoms with van der Waals surface area (Å²) >= 11 is 0. The Balaban J connectivity index is 2.27. The molecule has 0 spiro atoms. The fraction of sp³-hybridized carbons (Fsp3) is 0.375. The maximum absolute atomic E-state index is 12.1. The fourth-order valence-electron chi connectivity index (χ4n) is 1.83. The minimum absolute atomic E-state index is 0.0149. The lowest BCUT2D eigenvalue weighted by atomic mass is 10.0. The summed E-state index contributed by atoms with van der Waals surface area (Å²) in [7, 11) is 0. The summed E-state index contributed by atoms with van der Waals surface area (Å²) in [5.74, 6) is -0.583. The van der Waals surface area contributed by atoms with Crippen molar-refractivity contribution in [2.75, 3.05) is 6.61 Å². The SMILES string of the molecule is CCOC(=O)/C(=C\c1ccc(C)cc1)C(=O)C1CC1. The van der Waals surface area contributed by atoms with Gasteiger partial charge in [-0.05, 0) is 38.3 Å². The summed E-state index contributed by atoms with van der Waals surface area (Å²) in [5.41, 5.74) is 2.17. The Bertz CT molecular complexity index is 507. The first kappa shape index (κ1) is 13.5. The molecule has 0 saturated heterocycles. The van der Waals surface area contributed by atoms with Crippen molar-refractivity contribution in [1.82, 2.24) is 0 Å². The van der Waals surface area contributed by atoms with Crippen molar-refractivity contribution in [3.8, 4) is 0 Å². The Labute approximate surface area is 113 Å². The van der Waals surface area contributed by atoms with Gasteiger partial charge in [0, 0.05) is 5.92 Å². The standard InChI is InChI=1S/C16H18O3/c1-3-19-16(18)14(15(17)13-8-9-13)10-12-6-4-11(2)5-7-12/h4-7,10,13H,3,8-9H2,1-2H3/b14-10-. The topological polar surface area (TPSA) is 43.4 Å². The third-order valence-electron chi connectivity index (χ3n) is 3.10. The number of benzene rings is 1. The number of hydrogen-bond acceptors (Lipinski definition) is 3. The molecule has 1 aromatic rings. The van der Waals surface area contributed by atoms with Crippen LogP contribution in [0.5, 0.6) is 0 Å². The molecule has 0 aliphatic heterocycles. The summed E-state index contributed by atoms with van der Waals surface area (Å²) in [5, 5.41) is 0. The second-order valence-corrected chi connectivity index (χ2v) is 4.83. The van der Waals surface area contributed by atoms with Crippen molar-refractivity contribution >= 4 is 17.8 Å². The van der Waals surface area contributed by atoms with Crippen molar-refractivity contribution in [2.45, 2.75) is 26.7 Å². The van der Waals surface area contributed by atoms with Crippen molar-refractivity contribution in [1.29, 1.82) is 0 Å². The molecule has 2 rings (SSSR count). The lowest BCUT2D eigenvalue weighted by molar-refractivity contribution is -0.140. The van der Waals surface area contributed by atoms with E-state index in [1.54, 1.807) is 13.0 Å². The normalized spacial score (nSPS) is 15.2. The van der Waals surface area contributed by atoms with Crippen LogP contribution < -0.4 is 0 Å². The van der Waals surface area contributed by atoms with E-state index in [0.717, 1.165) is 24.0 Å². The first-order chi connectivity index (χ1) is 9.11. The number of carbonyl (C=O) groups excluding carboxylic acids is 2. The van der Waals surface area contributed by atoms with Crippen LogP contribution in [0, 0.1) is 12.8 Å².